The number of nitrogens with zero attached hydrogens (tertiary/aromatic N) is 1. The lowest BCUT2D eigenvalue weighted by Crippen LogP contribution is -2.52. The van der Waals surface area contributed by atoms with Crippen molar-refractivity contribution < 1.29 is 28.3 Å². The van der Waals surface area contributed by atoms with Crippen molar-refractivity contribution in [1.82, 2.24) is 0 Å². The maximum atomic E-state index is 13.8. The van der Waals surface area contributed by atoms with Crippen LogP contribution in [-0.2, 0) is 12.8 Å². The standard InChI is InChI=1S/C21H23NO6/c1-22(23)15-5-11-6-17(24-2)18(25-3)8-12(11)16(22)7-14-13(15)9-19(26-4)21-20(14)27-10-28-21/h6,8-9,15-16H,5,7,10H2,1-4H3/t15-,16-,22?/m0/s1. The highest BCUT2D eigenvalue weighted by atomic mass is 16.7. The Hall–Kier alpha value is -2.64. The summed E-state index contributed by atoms with van der Waals surface area (Å²) < 4.78 is 27.5. The molecule has 3 aliphatic rings. The van der Waals surface area contributed by atoms with Crippen molar-refractivity contribution in [2.45, 2.75) is 24.9 Å². The summed E-state index contributed by atoms with van der Waals surface area (Å²) in [6.07, 6.45) is 1.19. The van der Waals surface area contributed by atoms with Crippen LogP contribution >= 0.6 is 0 Å². The van der Waals surface area contributed by atoms with Crippen molar-refractivity contribution in [3.63, 3.8) is 0 Å². The molecular formula is C21H23NO6. The summed E-state index contributed by atoms with van der Waals surface area (Å²) in [6, 6.07) is 5.41. The molecule has 0 radical (unpaired) electrons. The van der Waals surface area contributed by atoms with E-state index in [1.54, 1.807) is 28.4 Å². The maximum absolute atomic E-state index is 13.8. The van der Waals surface area contributed by atoms with E-state index in [2.05, 4.69) is 0 Å². The number of rotatable bonds is 3. The molecule has 3 heterocycles. The summed E-state index contributed by atoms with van der Waals surface area (Å²) in [7, 11) is 6.60. The van der Waals surface area contributed by atoms with Gasteiger partial charge in [-0.05, 0) is 23.8 Å². The van der Waals surface area contributed by atoms with E-state index in [9.17, 15) is 5.21 Å². The Labute approximate surface area is 163 Å². The SMILES string of the molecule is COc1cc2c(cc1OC)[C@@H]1Cc3c(cc(OC)c4c3OCO4)[C@H](C2)[N+]1(C)[O-]. The van der Waals surface area contributed by atoms with Crippen LogP contribution in [0.4, 0.5) is 0 Å². The fraction of sp³-hybridized carbons (Fsp3) is 0.429. The van der Waals surface area contributed by atoms with E-state index in [0.29, 0.717) is 41.6 Å². The van der Waals surface area contributed by atoms with Gasteiger partial charge in [0.15, 0.2) is 23.0 Å². The zero-order valence-electron chi connectivity index (χ0n) is 16.4. The minimum absolute atomic E-state index is 0.169. The van der Waals surface area contributed by atoms with E-state index >= 15 is 0 Å². The maximum Gasteiger partial charge on any atom is 0.231 e. The van der Waals surface area contributed by atoms with Crippen LogP contribution in [0.15, 0.2) is 18.2 Å². The number of hydrogen-bond donors (Lipinski definition) is 0. The van der Waals surface area contributed by atoms with Gasteiger partial charge in [-0.25, -0.2) is 0 Å². The monoisotopic (exact) mass is 385 g/mol. The van der Waals surface area contributed by atoms with Gasteiger partial charge < -0.3 is 33.5 Å². The van der Waals surface area contributed by atoms with E-state index in [1.807, 2.05) is 18.2 Å². The minimum atomic E-state index is -0.363. The predicted molar refractivity (Wildman–Crippen MR) is 101 cm³/mol. The lowest BCUT2D eigenvalue weighted by molar-refractivity contribution is -0.927. The zero-order valence-corrected chi connectivity index (χ0v) is 16.4. The Morgan fingerprint density at radius 1 is 0.857 bits per heavy atom. The minimum Gasteiger partial charge on any atom is -0.632 e. The summed E-state index contributed by atoms with van der Waals surface area (Å²) in [5.74, 6) is 3.29. The highest BCUT2D eigenvalue weighted by Crippen LogP contribution is 2.57. The number of hydrogen-bond acceptors (Lipinski definition) is 6. The van der Waals surface area contributed by atoms with Crippen molar-refractivity contribution in [2.24, 2.45) is 0 Å². The highest BCUT2D eigenvalue weighted by molar-refractivity contribution is 5.63. The van der Waals surface area contributed by atoms with Gasteiger partial charge in [-0.1, -0.05) is 0 Å². The average Bonchev–Trinajstić information content (AvgIpc) is 3.17. The summed E-state index contributed by atoms with van der Waals surface area (Å²) in [6.45, 7) is 0.169. The molecule has 28 heavy (non-hydrogen) atoms. The molecule has 2 bridgehead atoms. The smallest absolute Gasteiger partial charge is 0.231 e. The molecule has 0 aliphatic carbocycles. The van der Waals surface area contributed by atoms with E-state index in [-0.39, 0.29) is 23.5 Å². The van der Waals surface area contributed by atoms with E-state index in [1.165, 1.54) is 0 Å². The van der Waals surface area contributed by atoms with Crippen LogP contribution in [0.3, 0.4) is 0 Å². The molecule has 3 aliphatic heterocycles. The molecule has 7 nitrogen and oxygen atoms in total. The van der Waals surface area contributed by atoms with Gasteiger partial charge in [0.1, 0.15) is 12.1 Å². The Balaban J connectivity index is 1.71. The number of likely N-dealkylation sites (N-methyl/N-ethyl adjacent to an activating group) is 1. The van der Waals surface area contributed by atoms with E-state index in [0.717, 1.165) is 22.3 Å². The molecule has 0 N–H and O–H groups in total. The normalized spacial score (nSPS) is 26.3. The number of hydroxylamine groups is 3. The van der Waals surface area contributed by atoms with Crippen LogP contribution in [0.2, 0.25) is 0 Å². The van der Waals surface area contributed by atoms with Crippen LogP contribution in [0.5, 0.6) is 28.7 Å². The first-order valence-corrected chi connectivity index (χ1v) is 9.30. The van der Waals surface area contributed by atoms with Crippen molar-refractivity contribution in [2.75, 3.05) is 35.2 Å². The van der Waals surface area contributed by atoms with Crippen molar-refractivity contribution in [3.8, 4) is 28.7 Å². The van der Waals surface area contributed by atoms with Gasteiger partial charge in [-0.15, -0.1) is 0 Å². The molecule has 0 fully saturated rings. The molecule has 0 amide bonds. The van der Waals surface area contributed by atoms with Crippen molar-refractivity contribution >= 4 is 0 Å². The van der Waals surface area contributed by atoms with Gasteiger partial charge in [0.05, 0.1) is 28.4 Å². The van der Waals surface area contributed by atoms with Gasteiger partial charge in [0.25, 0.3) is 0 Å². The van der Waals surface area contributed by atoms with E-state index in [4.69, 9.17) is 23.7 Å². The lowest BCUT2D eigenvalue weighted by atomic mass is 9.75. The first-order valence-electron chi connectivity index (χ1n) is 9.30. The molecule has 2 aromatic carbocycles. The summed E-state index contributed by atoms with van der Waals surface area (Å²) in [5, 5.41) is 13.8. The fourth-order valence-corrected chi connectivity index (χ4v) is 4.95. The molecule has 3 atom stereocenters. The second kappa shape index (κ2) is 5.93. The second-order valence-electron chi connectivity index (χ2n) is 7.62. The first-order chi connectivity index (χ1) is 13.5. The molecule has 5 rings (SSSR count). The molecule has 0 aromatic heterocycles. The van der Waals surface area contributed by atoms with Crippen LogP contribution < -0.4 is 23.7 Å². The third-order valence-electron chi connectivity index (χ3n) is 6.38. The number of ether oxygens (including phenoxy) is 5. The molecule has 2 aromatic rings. The van der Waals surface area contributed by atoms with Gasteiger partial charge in [0.2, 0.25) is 12.5 Å². The quantitative estimate of drug-likeness (QED) is 0.597. The third kappa shape index (κ3) is 2.17. The Morgan fingerprint density at radius 2 is 1.46 bits per heavy atom. The van der Waals surface area contributed by atoms with Gasteiger partial charge in [-0.3, -0.25) is 0 Å². The largest absolute Gasteiger partial charge is 0.632 e. The number of quaternary nitrogens is 1. The summed E-state index contributed by atoms with van der Waals surface area (Å²) >= 11 is 0. The second-order valence-corrected chi connectivity index (χ2v) is 7.62. The lowest BCUT2D eigenvalue weighted by Gasteiger charge is -2.57. The van der Waals surface area contributed by atoms with Gasteiger partial charge in [-0.2, -0.15) is 0 Å². The topological polar surface area (TPSA) is 69.2 Å². The van der Waals surface area contributed by atoms with Crippen LogP contribution in [0.25, 0.3) is 0 Å². The molecule has 0 spiro atoms. The van der Waals surface area contributed by atoms with E-state index < -0.39 is 0 Å². The number of fused-ring (bicyclic) bond motifs is 8. The van der Waals surface area contributed by atoms with Gasteiger partial charge >= 0.3 is 0 Å². The number of methoxy groups -OCH3 is 3. The third-order valence-corrected chi connectivity index (χ3v) is 6.38. The molecule has 148 valence electrons. The highest BCUT2D eigenvalue weighted by Gasteiger charge is 2.49. The Morgan fingerprint density at radius 3 is 2.18 bits per heavy atom. The molecule has 7 heteroatoms. The molecule has 0 saturated heterocycles. The van der Waals surface area contributed by atoms with Crippen LogP contribution in [0, 0.1) is 5.21 Å². The van der Waals surface area contributed by atoms with Crippen molar-refractivity contribution in [3.05, 3.63) is 45.7 Å². The van der Waals surface area contributed by atoms with Crippen LogP contribution in [-0.4, -0.2) is 39.8 Å². The first kappa shape index (κ1) is 17.5. The number of benzene rings is 2. The Kier molecular flexibility index (Phi) is 3.70. The Bertz CT molecular complexity index is 970. The fourth-order valence-electron chi connectivity index (χ4n) is 4.95. The molecule has 0 saturated carbocycles. The average molecular weight is 385 g/mol. The molecule has 1 unspecified atom stereocenters. The van der Waals surface area contributed by atoms with Crippen molar-refractivity contribution in [1.29, 1.82) is 0 Å². The summed E-state index contributed by atoms with van der Waals surface area (Å²) in [5.41, 5.74) is 4.17. The van der Waals surface area contributed by atoms with Gasteiger partial charge in [0, 0.05) is 29.5 Å². The van der Waals surface area contributed by atoms with Crippen LogP contribution in [0.1, 0.15) is 34.3 Å². The predicted octanol–water partition coefficient (Wildman–Crippen LogP) is 3.28. The zero-order chi connectivity index (χ0) is 19.6. The summed E-state index contributed by atoms with van der Waals surface area (Å²) in [4.78, 5) is 0. The molecular weight excluding hydrogens is 362 g/mol.